The van der Waals surface area contributed by atoms with Crippen molar-refractivity contribution in [3.8, 4) is 17.6 Å². The van der Waals surface area contributed by atoms with E-state index >= 15 is 0 Å². The molecule has 3 fully saturated rings. The van der Waals surface area contributed by atoms with Crippen molar-refractivity contribution in [1.82, 2.24) is 35.7 Å². The van der Waals surface area contributed by atoms with Crippen LogP contribution >= 0.6 is 0 Å². The monoisotopic (exact) mass is 888 g/mol. The lowest BCUT2D eigenvalue weighted by Crippen LogP contribution is -2.55. The largest absolute Gasteiger partial charge is 0.495 e. The number of fused-ring (bicyclic) bond motifs is 2. The number of methoxy groups -OCH3 is 1. The lowest BCUT2D eigenvalue weighted by atomic mass is 10.0. The Labute approximate surface area is 380 Å². The van der Waals surface area contributed by atoms with Crippen LogP contribution in [0, 0.1) is 11.8 Å². The average Bonchev–Trinajstić information content (AvgIpc) is 3.97. The maximum atomic E-state index is 13.4. The molecule has 2 saturated heterocycles. The minimum atomic E-state index is -0.649. The Balaban J connectivity index is 0.726. The number of hydrogen-bond acceptors (Lipinski definition) is 13. The number of piperidine rings is 2. The summed E-state index contributed by atoms with van der Waals surface area (Å²) in [6.45, 7) is 7.52. The molecule has 0 spiro atoms. The van der Waals surface area contributed by atoms with Gasteiger partial charge in [0.05, 0.1) is 32.2 Å². The van der Waals surface area contributed by atoms with Gasteiger partial charge in [-0.1, -0.05) is 37.7 Å². The normalized spacial score (nSPS) is 20.3. The first kappa shape index (κ1) is 45.5. The molecule has 4 aliphatic heterocycles. The zero-order chi connectivity index (χ0) is 45.5. The van der Waals surface area contributed by atoms with Crippen LogP contribution in [0.2, 0.25) is 0 Å². The van der Waals surface area contributed by atoms with Gasteiger partial charge in [-0.05, 0) is 74.4 Å². The molecule has 1 aromatic heterocycles. The van der Waals surface area contributed by atoms with Crippen LogP contribution in [0.4, 0.5) is 23.1 Å². The third-order valence-electron chi connectivity index (χ3n) is 13.3. The Bertz CT molecular complexity index is 2330. The topological polar surface area (TPSA) is 191 Å². The first-order valence-corrected chi connectivity index (χ1v) is 23.1. The van der Waals surface area contributed by atoms with Gasteiger partial charge < -0.3 is 45.0 Å². The molecule has 3 aromatic rings. The van der Waals surface area contributed by atoms with E-state index in [0.29, 0.717) is 86.3 Å². The van der Waals surface area contributed by atoms with Crippen molar-refractivity contribution < 1.29 is 33.4 Å². The van der Waals surface area contributed by atoms with Gasteiger partial charge in [0.1, 0.15) is 23.5 Å². The van der Waals surface area contributed by atoms with Crippen LogP contribution in [0.15, 0.2) is 42.6 Å². The van der Waals surface area contributed by atoms with Crippen LogP contribution in [-0.2, 0) is 25.7 Å². The number of nitrogens with zero attached hydrogens (tertiary/aromatic N) is 6. The Morgan fingerprint density at radius 3 is 2.58 bits per heavy atom. The first-order chi connectivity index (χ1) is 31.6. The van der Waals surface area contributed by atoms with Gasteiger partial charge >= 0.3 is 0 Å². The number of likely N-dealkylation sites (tertiary alicyclic amines) is 1. The highest BCUT2D eigenvalue weighted by Crippen LogP contribution is 2.40. The van der Waals surface area contributed by atoms with Gasteiger partial charge in [-0.25, -0.2) is 4.98 Å². The van der Waals surface area contributed by atoms with Crippen molar-refractivity contribution in [2.75, 3.05) is 75.2 Å². The minimum absolute atomic E-state index is 0.0669. The Morgan fingerprint density at radius 2 is 1.82 bits per heavy atom. The van der Waals surface area contributed by atoms with E-state index < -0.39 is 11.9 Å². The number of ether oxygens (including phenoxy) is 2. The third-order valence-corrected chi connectivity index (χ3v) is 13.3. The summed E-state index contributed by atoms with van der Waals surface area (Å²) in [6, 6.07) is 10.2. The van der Waals surface area contributed by atoms with E-state index in [1.165, 1.54) is 0 Å². The quantitative estimate of drug-likeness (QED) is 0.0926. The molecule has 4 N–H and O–H groups in total. The molecule has 2 aromatic carbocycles. The Hall–Kier alpha value is -6.09. The number of benzene rings is 2. The molecule has 8 rings (SSSR count). The number of aromatic nitrogens is 2. The number of nitrogens with one attached hydrogen (secondary N) is 4. The van der Waals surface area contributed by atoms with Gasteiger partial charge in [0.25, 0.3) is 11.8 Å². The van der Waals surface area contributed by atoms with Gasteiger partial charge in [0.15, 0.2) is 5.82 Å². The molecule has 5 aliphatic rings. The molecule has 1 unspecified atom stereocenters. The second-order valence-corrected chi connectivity index (χ2v) is 17.3. The predicted octanol–water partition coefficient (Wildman–Crippen LogP) is 3.74. The number of amides is 5. The standard InChI is InChI=1S/C48H60N10O7/c1-4-38-47(63)55(2)40-29-50-48(54-43(40)58(38)34-12-5-6-13-34)52-37-16-15-32(28-41(37)64-3)44(60)51-33-19-23-56(24-20-33)25-27-65-26-22-49-21-8-7-10-31-11-9-14-35-36(31)30-57(46(35)62)39-17-18-42(59)53-45(39)61/h9,11,14-16,28-29,33-34,38-39,49H,4-6,8,12-13,17-27,30H2,1-3H3,(H,51,60)(H,50,52,54)(H,53,59,61)/t38-,39?/m1/s1. The van der Waals surface area contributed by atoms with E-state index in [1.54, 1.807) is 48.4 Å². The van der Waals surface area contributed by atoms with Crippen molar-refractivity contribution in [3.63, 3.8) is 0 Å². The predicted molar refractivity (Wildman–Crippen MR) is 245 cm³/mol. The SMILES string of the molecule is CC[C@@H]1C(=O)N(C)c2cnc(Nc3ccc(C(=O)NC4CCN(CCOCCNCCC#Cc5cccc6c5CN(C5CCC(=O)NC5=O)C6=O)CC4)cc3OC)nc2N1C1CCCC1. The number of likely N-dealkylation sites (N-methyl/N-ethyl adjacent to an activating group) is 1. The first-order valence-electron chi connectivity index (χ1n) is 23.1. The maximum Gasteiger partial charge on any atom is 0.255 e. The second-order valence-electron chi connectivity index (χ2n) is 17.3. The van der Waals surface area contributed by atoms with Crippen molar-refractivity contribution in [1.29, 1.82) is 0 Å². The van der Waals surface area contributed by atoms with Crippen molar-refractivity contribution in [3.05, 3.63) is 64.8 Å². The van der Waals surface area contributed by atoms with Crippen molar-refractivity contribution in [2.45, 2.75) is 102 Å². The molecule has 1 aliphatic carbocycles. The fraction of sp³-hybridized carbons (Fsp3) is 0.521. The van der Waals surface area contributed by atoms with Crippen LogP contribution in [0.5, 0.6) is 5.75 Å². The van der Waals surface area contributed by atoms with Crippen LogP contribution in [0.3, 0.4) is 0 Å². The van der Waals surface area contributed by atoms with Gasteiger partial charge in [0.2, 0.25) is 23.7 Å². The summed E-state index contributed by atoms with van der Waals surface area (Å²) >= 11 is 0. The van der Waals surface area contributed by atoms with Gasteiger partial charge in [-0.15, -0.1) is 0 Å². The highest BCUT2D eigenvalue weighted by molar-refractivity contribution is 6.06. The molecule has 0 radical (unpaired) electrons. The van der Waals surface area contributed by atoms with E-state index in [4.69, 9.17) is 14.5 Å². The Kier molecular flexibility index (Phi) is 14.6. The summed E-state index contributed by atoms with van der Waals surface area (Å²) in [6.07, 6.45) is 9.63. The lowest BCUT2D eigenvalue weighted by molar-refractivity contribution is -0.137. The summed E-state index contributed by atoms with van der Waals surface area (Å²) < 4.78 is 11.6. The number of hydrogen-bond donors (Lipinski definition) is 4. The third kappa shape index (κ3) is 10.2. The van der Waals surface area contributed by atoms with Crippen LogP contribution in [0.1, 0.15) is 103 Å². The Morgan fingerprint density at radius 1 is 1.00 bits per heavy atom. The number of rotatable bonds is 16. The minimum Gasteiger partial charge on any atom is -0.495 e. The highest BCUT2D eigenvalue weighted by Gasteiger charge is 2.42. The molecule has 2 atom stereocenters. The summed E-state index contributed by atoms with van der Waals surface area (Å²) in [7, 11) is 3.36. The molecule has 17 nitrogen and oxygen atoms in total. The van der Waals surface area contributed by atoms with E-state index in [0.717, 1.165) is 75.1 Å². The average molecular weight is 889 g/mol. The zero-order valence-corrected chi connectivity index (χ0v) is 37.6. The van der Waals surface area contributed by atoms with E-state index in [-0.39, 0.29) is 48.2 Å². The summed E-state index contributed by atoms with van der Waals surface area (Å²) in [5.41, 5.74) is 4.01. The van der Waals surface area contributed by atoms with Crippen LogP contribution in [-0.4, -0.2) is 134 Å². The molecule has 0 bridgehead atoms. The summed E-state index contributed by atoms with van der Waals surface area (Å²) in [4.78, 5) is 81.0. The molecule has 5 heterocycles. The van der Waals surface area contributed by atoms with E-state index in [9.17, 15) is 24.0 Å². The second kappa shape index (κ2) is 20.8. The number of imide groups is 1. The fourth-order valence-electron chi connectivity index (χ4n) is 9.65. The number of carbonyl (C=O) groups excluding carboxylic acids is 5. The van der Waals surface area contributed by atoms with Gasteiger partial charge in [0, 0.05) is 87.9 Å². The molecule has 1 saturated carbocycles. The van der Waals surface area contributed by atoms with Crippen molar-refractivity contribution >= 4 is 52.7 Å². The van der Waals surface area contributed by atoms with E-state index in [2.05, 4.69) is 47.9 Å². The lowest BCUT2D eigenvalue weighted by Gasteiger charge is -2.43. The fourth-order valence-corrected chi connectivity index (χ4v) is 9.65. The molecule has 65 heavy (non-hydrogen) atoms. The number of anilines is 4. The summed E-state index contributed by atoms with van der Waals surface area (Å²) in [5, 5.41) is 12.2. The summed E-state index contributed by atoms with van der Waals surface area (Å²) in [5.74, 6) is 7.05. The smallest absolute Gasteiger partial charge is 0.255 e. The van der Waals surface area contributed by atoms with Gasteiger partial charge in [-0.3, -0.25) is 29.3 Å². The maximum absolute atomic E-state index is 13.4. The molecule has 17 heteroatoms. The molecular weight excluding hydrogens is 829 g/mol. The van der Waals surface area contributed by atoms with E-state index in [1.807, 2.05) is 25.1 Å². The molecule has 344 valence electrons. The van der Waals surface area contributed by atoms with Crippen molar-refractivity contribution in [2.24, 2.45) is 0 Å². The number of carbonyl (C=O) groups is 5. The zero-order valence-electron chi connectivity index (χ0n) is 37.6. The van der Waals surface area contributed by atoms with Gasteiger partial charge in [-0.2, -0.15) is 4.98 Å². The molecular formula is C48H60N10O7. The van der Waals surface area contributed by atoms with Crippen LogP contribution in [0.25, 0.3) is 0 Å². The molecule has 5 amide bonds. The highest BCUT2D eigenvalue weighted by atomic mass is 16.5. The van der Waals surface area contributed by atoms with Crippen LogP contribution < -0.4 is 35.8 Å².